The van der Waals surface area contributed by atoms with E-state index in [0.717, 1.165) is 32.1 Å². The van der Waals surface area contributed by atoms with E-state index in [-0.39, 0.29) is 29.6 Å². The average Bonchev–Trinajstić information content (AvgIpc) is 2.65. The van der Waals surface area contributed by atoms with E-state index in [1.165, 1.54) is 25.5 Å². The van der Waals surface area contributed by atoms with Crippen molar-refractivity contribution in [1.29, 1.82) is 0 Å². The maximum Gasteiger partial charge on any atom is 0.433 e. The normalized spacial score (nSPS) is 34.5. The van der Waals surface area contributed by atoms with Gasteiger partial charge in [-0.15, -0.1) is 0 Å². The Labute approximate surface area is 169 Å². The Balaban J connectivity index is 1.33. The van der Waals surface area contributed by atoms with Crippen LogP contribution in [0.4, 0.5) is 19.1 Å². The van der Waals surface area contributed by atoms with Crippen LogP contribution in [-0.4, -0.2) is 34.8 Å². The lowest BCUT2D eigenvalue weighted by Gasteiger charge is -2.56. The SMILES string of the molecule is FC(F)(F)c1nc(NC23CC4CC(CC(C4)C2)C3)ncc1CNC1CCOCC1. The standard InChI is InChI=1S/C21H29F3N4O/c22-21(23,24)18-16(11-25-17-1-3-29-4-2-17)12-26-19(27-18)28-20-8-13-5-14(9-20)7-15(6-13)10-20/h12-15,17,25H,1-11H2,(H,26,27,28). The van der Waals surface area contributed by atoms with Crippen LogP contribution >= 0.6 is 0 Å². The van der Waals surface area contributed by atoms with E-state index in [0.29, 0.717) is 31.0 Å². The summed E-state index contributed by atoms with van der Waals surface area (Å²) in [5.41, 5.74) is -0.821. The number of ether oxygens (including phenoxy) is 1. The minimum absolute atomic E-state index is 0.111. The van der Waals surface area contributed by atoms with Crippen LogP contribution < -0.4 is 10.6 Å². The summed E-state index contributed by atoms with van der Waals surface area (Å²) in [4.78, 5) is 8.28. The Hall–Kier alpha value is -1.41. The number of anilines is 1. The number of nitrogens with zero attached hydrogens (tertiary/aromatic N) is 2. The third-order valence-corrected chi connectivity index (χ3v) is 7.35. The molecule has 0 spiro atoms. The number of halogens is 3. The molecule has 0 radical (unpaired) electrons. The van der Waals surface area contributed by atoms with Gasteiger partial charge in [0.15, 0.2) is 5.69 Å². The third-order valence-electron chi connectivity index (χ3n) is 7.35. The van der Waals surface area contributed by atoms with E-state index in [1.54, 1.807) is 0 Å². The molecule has 0 atom stereocenters. The monoisotopic (exact) mass is 410 g/mol. The van der Waals surface area contributed by atoms with Gasteiger partial charge in [-0.1, -0.05) is 0 Å². The molecule has 2 N–H and O–H groups in total. The highest BCUT2D eigenvalue weighted by molar-refractivity contribution is 5.35. The van der Waals surface area contributed by atoms with Crippen LogP contribution in [0.2, 0.25) is 0 Å². The number of rotatable bonds is 5. The maximum atomic E-state index is 13.7. The molecule has 0 aromatic carbocycles. The van der Waals surface area contributed by atoms with Gasteiger partial charge in [-0.2, -0.15) is 13.2 Å². The van der Waals surface area contributed by atoms with Gasteiger partial charge in [0.05, 0.1) is 0 Å². The lowest BCUT2D eigenvalue weighted by atomic mass is 9.53. The van der Waals surface area contributed by atoms with Crippen molar-refractivity contribution in [3.8, 4) is 0 Å². The topological polar surface area (TPSA) is 59.1 Å². The summed E-state index contributed by atoms with van der Waals surface area (Å²) in [6.45, 7) is 1.42. The van der Waals surface area contributed by atoms with Crippen molar-refractivity contribution < 1.29 is 17.9 Å². The molecule has 6 rings (SSSR count). The smallest absolute Gasteiger partial charge is 0.381 e. The number of aromatic nitrogens is 2. The summed E-state index contributed by atoms with van der Waals surface area (Å²) in [7, 11) is 0. The Morgan fingerprint density at radius 2 is 1.66 bits per heavy atom. The first-order chi connectivity index (χ1) is 13.9. The zero-order valence-corrected chi connectivity index (χ0v) is 16.6. The summed E-state index contributed by atoms with van der Waals surface area (Å²) < 4.78 is 46.5. The molecule has 4 saturated carbocycles. The van der Waals surface area contributed by atoms with Gasteiger partial charge in [0, 0.05) is 43.1 Å². The van der Waals surface area contributed by atoms with E-state index in [9.17, 15) is 13.2 Å². The molecule has 160 valence electrons. The molecule has 2 heterocycles. The highest BCUT2D eigenvalue weighted by Gasteiger charge is 2.51. The molecule has 0 unspecified atom stereocenters. The number of nitrogens with one attached hydrogen (secondary N) is 2. The van der Waals surface area contributed by atoms with Gasteiger partial charge >= 0.3 is 6.18 Å². The van der Waals surface area contributed by atoms with Gasteiger partial charge in [-0.05, 0) is 69.1 Å². The first-order valence-electron chi connectivity index (χ1n) is 10.9. The molecule has 5 aliphatic rings. The average molecular weight is 410 g/mol. The fraction of sp³-hybridized carbons (Fsp3) is 0.810. The van der Waals surface area contributed by atoms with Crippen molar-refractivity contribution >= 4 is 5.95 Å². The van der Waals surface area contributed by atoms with Crippen LogP contribution in [-0.2, 0) is 17.5 Å². The Kier molecular flexibility index (Phi) is 4.97. The van der Waals surface area contributed by atoms with Crippen molar-refractivity contribution in [1.82, 2.24) is 15.3 Å². The molecule has 5 nitrogen and oxygen atoms in total. The van der Waals surface area contributed by atoms with Gasteiger partial charge in [-0.3, -0.25) is 0 Å². The minimum Gasteiger partial charge on any atom is -0.381 e. The van der Waals surface area contributed by atoms with Crippen LogP contribution in [0.1, 0.15) is 62.6 Å². The molecule has 29 heavy (non-hydrogen) atoms. The molecular weight excluding hydrogens is 381 g/mol. The Morgan fingerprint density at radius 3 is 2.24 bits per heavy atom. The second-order valence-corrected chi connectivity index (χ2v) is 9.66. The quantitative estimate of drug-likeness (QED) is 0.764. The Morgan fingerprint density at radius 1 is 1.03 bits per heavy atom. The highest BCUT2D eigenvalue weighted by Crippen LogP contribution is 2.56. The fourth-order valence-electron chi connectivity index (χ4n) is 6.50. The minimum atomic E-state index is -4.49. The number of alkyl halides is 3. The van der Waals surface area contributed by atoms with Crippen LogP contribution in [0.15, 0.2) is 6.20 Å². The van der Waals surface area contributed by atoms with Crippen molar-refractivity contribution in [2.45, 2.75) is 75.7 Å². The van der Waals surface area contributed by atoms with Crippen molar-refractivity contribution in [2.75, 3.05) is 18.5 Å². The van der Waals surface area contributed by atoms with Gasteiger partial charge < -0.3 is 15.4 Å². The van der Waals surface area contributed by atoms with Crippen molar-refractivity contribution in [3.05, 3.63) is 17.5 Å². The first kappa shape index (κ1) is 19.5. The lowest BCUT2D eigenvalue weighted by Crippen LogP contribution is -2.55. The first-order valence-corrected chi connectivity index (χ1v) is 10.9. The molecule has 4 bridgehead atoms. The summed E-state index contributed by atoms with van der Waals surface area (Å²) in [6.07, 6.45) is 5.45. The second-order valence-electron chi connectivity index (χ2n) is 9.66. The lowest BCUT2D eigenvalue weighted by molar-refractivity contribution is -0.141. The molecule has 1 aromatic rings. The zero-order valence-electron chi connectivity index (χ0n) is 16.6. The summed E-state index contributed by atoms with van der Waals surface area (Å²) in [5.74, 6) is 2.26. The fourth-order valence-corrected chi connectivity index (χ4v) is 6.50. The second kappa shape index (κ2) is 7.38. The van der Waals surface area contributed by atoms with Crippen molar-refractivity contribution in [2.24, 2.45) is 17.8 Å². The predicted octanol–water partition coefficient (Wildman–Crippen LogP) is 4.14. The molecule has 1 aliphatic heterocycles. The zero-order chi connectivity index (χ0) is 20.1. The third kappa shape index (κ3) is 4.10. The van der Waals surface area contributed by atoms with Crippen LogP contribution in [0.25, 0.3) is 0 Å². The number of hydrogen-bond donors (Lipinski definition) is 2. The maximum absolute atomic E-state index is 13.7. The van der Waals surface area contributed by atoms with Gasteiger partial charge in [0.2, 0.25) is 5.95 Å². The largest absolute Gasteiger partial charge is 0.433 e. The van der Waals surface area contributed by atoms with E-state index in [1.807, 2.05) is 0 Å². The number of hydrogen-bond acceptors (Lipinski definition) is 5. The predicted molar refractivity (Wildman–Crippen MR) is 102 cm³/mol. The molecule has 1 aromatic heterocycles. The van der Waals surface area contributed by atoms with Crippen LogP contribution in [0.3, 0.4) is 0 Å². The molecular formula is C21H29F3N4O. The van der Waals surface area contributed by atoms with E-state index in [2.05, 4.69) is 20.6 Å². The van der Waals surface area contributed by atoms with Crippen LogP contribution in [0.5, 0.6) is 0 Å². The van der Waals surface area contributed by atoms with E-state index >= 15 is 0 Å². The van der Waals surface area contributed by atoms with Gasteiger partial charge in [-0.25, -0.2) is 9.97 Å². The summed E-state index contributed by atoms with van der Waals surface area (Å²) in [6, 6.07) is 0.176. The Bertz CT molecular complexity index is 713. The molecule has 5 fully saturated rings. The molecule has 1 saturated heterocycles. The molecule has 4 aliphatic carbocycles. The summed E-state index contributed by atoms with van der Waals surface area (Å²) in [5, 5.41) is 6.59. The van der Waals surface area contributed by atoms with E-state index < -0.39 is 11.9 Å². The van der Waals surface area contributed by atoms with Gasteiger partial charge in [0.1, 0.15) is 0 Å². The van der Waals surface area contributed by atoms with Gasteiger partial charge in [0.25, 0.3) is 0 Å². The highest BCUT2D eigenvalue weighted by atomic mass is 19.4. The van der Waals surface area contributed by atoms with Crippen molar-refractivity contribution in [3.63, 3.8) is 0 Å². The molecule has 0 amide bonds. The molecule has 8 heteroatoms. The van der Waals surface area contributed by atoms with Crippen LogP contribution in [0, 0.1) is 17.8 Å². The van der Waals surface area contributed by atoms with E-state index in [4.69, 9.17) is 4.74 Å². The summed E-state index contributed by atoms with van der Waals surface area (Å²) >= 11 is 0.